The summed E-state index contributed by atoms with van der Waals surface area (Å²) in [6.45, 7) is 0. The molecule has 1 aliphatic rings. The third-order valence-electron chi connectivity index (χ3n) is 2.43. The number of hydrogen-bond donors (Lipinski definition) is 0. The number of halogens is 3. The van der Waals surface area contributed by atoms with Crippen molar-refractivity contribution in [2.24, 2.45) is 0 Å². The topological polar surface area (TPSA) is 0 Å². The van der Waals surface area contributed by atoms with Gasteiger partial charge in [-0.2, -0.15) is 0 Å². The van der Waals surface area contributed by atoms with Crippen molar-refractivity contribution in [1.82, 2.24) is 0 Å². The standard InChI is InChI=1S/C10H9ClF2/c11-9-5-1-4-8-7(9)3-2-6-10(8,12)13/h1,4-5H,2-3,6H2. The van der Waals surface area contributed by atoms with E-state index in [-0.39, 0.29) is 12.0 Å². The first kappa shape index (κ1) is 8.95. The third-order valence-corrected chi connectivity index (χ3v) is 2.78. The van der Waals surface area contributed by atoms with Gasteiger partial charge in [-0.05, 0) is 24.5 Å². The smallest absolute Gasteiger partial charge is 0.201 e. The molecule has 0 saturated carbocycles. The van der Waals surface area contributed by atoms with Gasteiger partial charge in [0, 0.05) is 17.0 Å². The van der Waals surface area contributed by atoms with Crippen LogP contribution in [-0.4, -0.2) is 0 Å². The maximum atomic E-state index is 13.3. The Kier molecular flexibility index (Phi) is 2.03. The van der Waals surface area contributed by atoms with E-state index in [0.717, 1.165) is 0 Å². The molecule has 0 radical (unpaired) electrons. The van der Waals surface area contributed by atoms with Crippen LogP contribution in [0.1, 0.15) is 24.0 Å². The highest BCUT2D eigenvalue weighted by Crippen LogP contribution is 2.41. The Labute approximate surface area is 80.5 Å². The summed E-state index contributed by atoms with van der Waals surface area (Å²) < 4.78 is 26.6. The second kappa shape index (κ2) is 2.95. The maximum Gasteiger partial charge on any atom is 0.273 e. The third kappa shape index (κ3) is 1.44. The van der Waals surface area contributed by atoms with E-state index in [4.69, 9.17) is 11.6 Å². The molecule has 0 saturated heterocycles. The van der Waals surface area contributed by atoms with Crippen LogP contribution in [0.2, 0.25) is 5.02 Å². The molecule has 3 heteroatoms. The Morgan fingerprint density at radius 3 is 2.77 bits per heavy atom. The number of fused-ring (bicyclic) bond motifs is 1. The molecule has 1 aromatic carbocycles. The molecule has 1 aliphatic carbocycles. The average Bonchev–Trinajstić information content (AvgIpc) is 2.06. The van der Waals surface area contributed by atoms with E-state index in [9.17, 15) is 8.78 Å². The predicted molar refractivity (Wildman–Crippen MR) is 48.3 cm³/mol. The minimum atomic E-state index is -2.68. The van der Waals surface area contributed by atoms with Gasteiger partial charge in [0.2, 0.25) is 0 Å². The summed E-state index contributed by atoms with van der Waals surface area (Å²) in [4.78, 5) is 0. The van der Waals surface area contributed by atoms with Crippen molar-refractivity contribution in [2.75, 3.05) is 0 Å². The van der Waals surface area contributed by atoms with Gasteiger partial charge in [-0.15, -0.1) is 0 Å². The quantitative estimate of drug-likeness (QED) is 0.601. The number of rotatable bonds is 0. The van der Waals surface area contributed by atoms with E-state index >= 15 is 0 Å². The second-order valence-corrected chi connectivity index (χ2v) is 3.73. The largest absolute Gasteiger partial charge is 0.273 e. The minimum Gasteiger partial charge on any atom is -0.201 e. The summed E-state index contributed by atoms with van der Waals surface area (Å²) in [7, 11) is 0. The van der Waals surface area contributed by atoms with Crippen LogP contribution in [0.15, 0.2) is 18.2 Å². The number of hydrogen-bond acceptors (Lipinski definition) is 0. The Balaban J connectivity index is 2.58. The fraction of sp³-hybridized carbons (Fsp3) is 0.400. The van der Waals surface area contributed by atoms with Crippen molar-refractivity contribution >= 4 is 11.6 Å². The van der Waals surface area contributed by atoms with Gasteiger partial charge in [0.15, 0.2) is 0 Å². The molecule has 0 nitrogen and oxygen atoms in total. The van der Waals surface area contributed by atoms with Gasteiger partial charge in [0.25, 0.3) is 5.92 Å². The molecule has 13 heavy (non-hydrogen) atoms. The molecule has 0 amide bonds. The molecule has 0 N–H and O–H groups in total. The van der Waals surface area contributed by atoms with Crippen molar-refractivity contribution in [3.8, 4) is 0 Å². The van der Waals surface area contributed by atoms with Crippen LogP contribution in [0, 0.1) is 0 Å². The van der Waals surface area contributed by atoms with Crippen molar-refractivity contribution in [1.29, 1.82) is 0 Å². The van der Waals surface area contributed by atoms with Crippen LogP contribution in [0.5, 0.6) is 0 Å². The molecule has 1 aromatic rings. The van der Waals surface area contributed by atoms with E-state index in [1.54, 1.807) is 12.1 Å². The van der Waals surface area contributed by atoms with Crippen molar-refractivity contribution in [3.63, 3.8) is 0 Å². The lowest BCUT2D eigenvalue weighted by molar-refractivity contribution is -0.0216. The Hall–Kier alpha value is -0.630. The summed E-state index contributed by atoms with van der Waals surface area (Å²) in [6, 6.07) is 4.72. The number of benzene rings is 1. The van der Waals surface area contributed by atoms with Crippen LogP contribution < -0.4 is 0 Å². The first-order valence-electron chi connectivity index (χ1n) is 4.27. The predicted octanol–water partition coefficient (Wildman–Crippen LogP) is 3.77. The SMILES string of the molecule is FC1(F)CCCc2c(Cl)cccc21. The molecular weight excluding hydrogens is 194 g/mol. The molecule has 0 bridgehead atoms. The van der Waals surface area contributed by atoms with Gasteiger partial charge in [0.1, 0.15) is 0 Å². The summed E-state index contributed by atoms with van der Waals surface area (Å²) >= 11 is 5.84. The first-order chi connectivity index (χ1) is 6.11. The lowest BCUT2D eigenvalue weighted by atomic mass is 9.89. The highest BCUT2D eigenvalue weighted by Gasteiger charge is 2.36. The molecule has 0 unspecified atom stereocenters. The van der Waals surface area contributed by atoms with E-state index in [1.807, 2.05) is 0 Å². The average molecular weight is 203 g/mol. The van der Waals surface area contributed by atoms with Gasteiger partial charge in [-0.25, -0.2) is 8.78 Å². The maximum absolute atomic E-state index is 13.3. The van der Waals surface area contributed by atoms with Crippen molar-refractivity contribution < 1.29 is 8.78 Å². The normalized spacial score (nSPS) is 19.6. The second-order valence-electron chi connectivity index (χ2n) is 3.32. The molecule has 0 spiro atoms. The van der Waals surface area contributed by atoms with E-state index < -0.39 is 5.92 Å². The van der Waals surface area contributed by atoms with Gasteiger partial charge < -0.3 is 0 Å². The lowest BCUT2D eigenvalue weighted by Gasteiger charge is -2.25. The Morgan fingerprint density at radius 1 is 1.31 bits per heavy atom. The van der Waals surface area contributed by atoms with Gasteiger partial charge in [-0.1, -0.05) is 23.7 Å². The van der Waals surface area contributed by atoms with Crippen LogP contribution in [0.3, 0.4) is 0 Å². The number of alkyl halides is 2. The molecule has 0 heterocycles. The summed E-state index contributed by atoms with van der Waals surface area (Å²) in [5.41, 5.74) is 0.742. The fourth-order valence-electron chi connectivity index (χ4n) is 1.78. The minimum absolute atomic E-state index is 0.0552. The zero-order valence-corrected chi connectivity index (χ0v) is 7.74. The van der Waals surface area contributed by atoms with Crippen LogP contribution in [0.25, 0.3) is 0 Å². The van der Waals surface area contributed by atoms with E-state index in [1.165, 1.54) is 6.07 Å². The molecule has 0 fully saturated rings. The molecular formula is C10H9ClF2. The highest BCUT2D eigenvalue weighted by molar-refractivity contribution is 6.31. The molecule has 2 rings (SSSR count). The van der Waals surface area contributed by atoms with E-state index in [0.29, 0.717) is 23.4 Å². The molecule has 0 aliphatic heterocycles. The van der Waals surface area contributed by atoms with Gasteiger partial charge in [-0.3, -0.25) is 0 Å². The van der Waals surface area contributed by atoms with Crippen molar-refractivity contribution in [3.05, 3.63) is 34.3 Å². The van der Waals surface area contributed by atoms with Crippen LogP contribution >= 0.6 is 11.6 Å². The van der Waals surface area contributed by atoms with Gasteiger partial charge in [0.05, 0.1) is 0 Å². The van der Waals surface area contributed by atoms with Crippen LogP contribution in [0.4, 0.5) is 8.78 Å². The van der Waals surface area contributed by atoms with Crippen molar-refractivity contribution in [2.45, 2.75) is 25.2 Å². The van der Waals surface area contributed by atoms with Gasteiger partial charge >= 0.3 is 0 Å². The highest BCUT2D eigenvalue weighted by atomic mass is 35.5. The Morgan fingerprint density at radius 2 is 2.08 bits per heavy atom. The molecule has 0 atom stereocenters. The monoisotopic (exact) mass is 202 g/mol. The van der Waals surface area contributed by atoms with Crippen LogP contribution in [-0.2, 0) is 12.3 Å². The summed E-state index contributed by atoms with van der Waals surface area (Å²) in [6.07, 6.45) is 1.13. The zero-order valence-electron chi connectivity index (χ0n) is 6.99. The Bertz CT molecular complexity index is 334. The molecule has 0 aromatic heterocycles. The lowest BCUT2D eigenvalue weighted by Crippen LogP contribution is -2.20. The first-order valence-corrected chi connectivity index (χ1v) is 4.65. The fourth-order valence-corrected chi connectivity index (χ4v) is 2.05. The van der Waals surface area contributed by atoms with E-state index in [2.05, 4.69) is 0 Å². The summed E-state index contributed by atoms with van der Waals surface area (Å²) in [5.74, 6) is -2.68. The molecule has 70 valence electrons. The zero-order chi connectivity index (χ0) is 9.47. The summed E-state index contributed by atoms with van der Waals surface area (Å²) in [5, 5.41) is 0.469.